The topological polar surface area (TPSA) is 70.6 Å². The molecule has 0 aromatic heterocycles. The van der Waals surface area contributed by atoms with Gasteiger partial charge in [0, 0.05) is 13.7 Å². The number of carbonyl (C=O) groups excluding carboxylic acids is 1. The first-order valence-corrected chi connectivity index (χ1v) is 4.73. The van der Waals surface area contributed by atoms with Gasteiger partial charge in [-0.25, -0.2) is 0 Å². The van der Waals surface area contributed by atoms with Crippen molar-refractivity contribution in [1.82, 2.24) is 10.6 Å². The van der Waals surface area contributed by atoms with Gasteiger partial charge < -0.3 is 20.5 Å². The van der Waals surface area contributed by atoms with Crippen molar-refractivity contribution in [2.75, 3.05) is 26.8 Å². The van der Waals surface area contributed by atoms with Crippen LogP contribution in [0.4, 0.5) is 0 Å². The molecule has 0 spiro atoms. The second-order valence-corrected chi connectivity index (χ2v) is 3.16. The Hall–Kier alpha value is -1.09. The van der Waals surface area contributed by atoms with E-state index in [9.17, 15) is 9.90 Å². The SMILES string of the molecule is C#CCNC(=O)C(C)NCC(O)COC. The lowest BCUT2D eigenvalue weighted by Crippen LogP contribution is -2.45. The van der Waals surface area contributed by atoms with Crippen LogP contribution in [0.25, 0.3) is 0 Å². The fraction of sp³-hybridized carbons (Fsp3) is 0.700. The Morgan fingerprint density at radius 1 is 1.67 bits per heavy atom. The average Bonchev–Trinajstić information content (AvgIpc) is 2.22. The second-order valence-electron chi connectivity index (χ2n) is 3.16. The summed E-state index contributed by atoms with van der Waals surface area (Å²) in [7, 11) is 1.51. The van der Waals surface area contributed by atoms with Crippen LogP contribution in [0.15, 0.2) is 0 Å². The minimum Gasteiger partial charge on any atom is -0.389 e. The van der Waals surface area contributed by atoms with Crippen molar-refractivity contribution in [3.05, 3.63) is 0 Å². The van der Waals surface area contributed by atoms with Crippen LogP contribution in [0, 0.1) is 12.3 Å². The summed E-state index contributed by atoms with van der Waals surface area (Å²) in [5, 5.41) is 14.7. The Kier molecular flexibility index (Phi) is 7.64. The Balaban J connectivity index is 3.68. The molecule has 0 aliphatic carbocycles. The van der Waals surface area contributed by atoms with E-state index in [1.54, 1.807) is 6.92 Å². The summed E-state index contributed by atoms with van der Waals surface area (Å²) in [5.74, 6) is 2.13. The number of aliphatic hydroxyl groups is 1. The summed E-state index contributed by atoms with van der Waals surface area (Å²) >= 11 is 0. The van der Waals surface area contributed by atoms with E-state index in [1.165, 1.54) is 7.11 Å². The van der Waals surface area contributed by atoms with Gasteiger partial charge in [-0.15, -0.1) is 6.42 Å². The Morgan fingerprint density at radius 3 is 2.87 bits per heavy atom. The lowest BCUT2D eigenvalue weighted by Gasteiger charge is -2.15. The van der Waals surface area contributed by atoms with E-state index in [-0.39, 0.29) is 25.1 Å². The lowest BCUT2D eigenvalue weighted by atomic mass is 10.3. The van der Waals surface area contributed by atoms with Crippen LogP contribution < -0.4 is 10.6 Å². The third-order valence-corrected chi connectivity index (χ3v) is 1.78. The van der Waals surface area contributed by atoms with Crippen molar-refractivity contribution in [2.45, 2.75) is 19.1 Å². The number of carbonyl (C=O) groups is 1. The second kappa shape index (κ2) is 8.24. The number of hydrogen-bond donors (Lipinski definition) is 3. The molecule has 0 heterocycles. The molecule has 0 radical (unpaired) electrons. The van der Waals surface area contributed by atoms with Gasteiger partial charge in [-0.05, 0) is 6.92 Å². The largest absolute Gasteiger partial charge is 0.389 e. The minimum atomic E-state index is -0.613. The molecule has 0 rings (SSSR count). The average molecular weight is 214 g/mol. The van der Waals surface area contributed by atoms with Crippen LogP contribution in [-0.2, 0) is 9.53 Å². The highest BCUT2D eigenvalue weighted by atomic mass is 16.5. The third-order valence-electron chi connectivity index (χ3n) is 1.78. The summed E-state index contributed by atoms with van der Waals surface area (Å²) < 4.78 is 4.74. The fourth-order valence-electron chi connectivity index (χ4n) is 0.948. The monoisotopic (exact) mass is 214 g/mol. The van der Waals surface area contributed by atoms with E-state index in [4.69, 9.17) is 11.2 Å². The predicted octanol–water partition coefficient (Wildman–Crippen LogP) is -1.28. The number of rotatable bonds is 7. The summed E-state index contributed by atoms with van der Waals surface area (Å²) in [6.07, 6.45) is 4.38. The van der Waals surface area contributed by atoms with E-state index in [0.29, 0.717) is 6.54 Å². The zero-order valence-corrected chi connectivity index (χ0v) is 9.12. The smallest absolute Gasteiger partial charge is 0.237 e. The van der Waals surface area contributed by atoms with Gasteiger partial charge in [0.2, 0.25) is 5.91 Å². The molecular weight excluding hydrogens is 196 g/mol. The number of terminal acetylenes is 1. The maximum atomic E-state index is 11.3. The van der Waals surface area contributed by atoms with Gasteiger partial charge in [0.05, 0.1) is 25.3 Å². The van der Waals surface area contributed by atoms with Crippen molar-refractivity contribution < 1.29 is 14.6 Å². The predicted molar refractivity (Wildman–Crippen MR) is 57.2 cm³/mol. The van der Waals surface area contributed by atoms with E-state index in [1.807, 2.05) is 0 Å². The summed E-state index contributed by atoms with van der Waals surface area (Å²) in [6, 6.07) is -0.384. The Labute approximate surface area is 90.2 Å². The molecule has 0 aliphatic heterocycles. The number of amides is 1. The molecule has 0 aliphatic rings. The maximum Gasteiger partial charge on any atom is 0.237 e. The number of methoxy groups -OCH3 is 1. The first-order chi connectivity index (χ1) is 7.11. The molecule has 0 bridgehead atoms. The third kappa shape index (κ3) is 6.91. The molecule has 5 nitrogen and oxygen atoms in total. The molecule has 0 saturated carbocycles. The lowest BCUT2D eigenvalue weighted by molar-refractivity contribution is -0.122. The molecule has 2 unspecified atom stereocenters. The first kappa shape index (κ1) is 13.9. The maximum absolute atomic E-state index is 11.3. The quantitative estimate of drug-likeness (QED) is 0.462. The Bertz CT molecular complexity index is 225. The van der Waals surface area contributed by atoms with Gasteiger partial charge in [0.15, 0.2) is 0 Å². The highest BCUT2D eigenvalue weighted by Gasteiger charge is 2.12. The van der Waals surface area contributed by atoms with Gasteiger partial charge in [0.25, 0.3) is 0 Å². The number of ether oxygens (including phenoxy) is 1. The van der Waals surface area contributed by atoms with Crippen LogP contribution in [-0.4, -0.2) is 50.0 Å². The van der Waals surface area contributed by atoms with Crippen molar-refractivity contribution in [3.63, 3.8) is 0 Å². The summed E-state index contributed by atoms with van der Waals surface area (Å²) in [5.41, 5.74) is 0. The van der Waals surface area contributed by atoms with Crippen molar-refractivity contribution in [2.24, 2.45) is 0 Å². The van der Waals surface area contributed by atoms with Gasteiger partial charge >= 0.3 is 0 Å². The molecule has 15 heavy (non-hydrogen) atoms. The van der Waals surface area contributed by atoms with E-state index in [2.05, 4.69) is 16.6 Å². The van der Waals surface area contributed by atoms with Crippen molar-refractivity contribution in [1.29, 1.82) is 0 Å². The van der Waals surface area contributed by atoms with E-state index < -0.39 is 6.10 Å². The highest BCUT2D eigenvalue weighted by Crippen LogP contribution is 1.85. The normalized spacial score (nSPS) is 14.0. The fourth-order valence-corrected chi connectivity index (χ4v) is 0.948. The highest BCUT2D eigenvalue weighted by molar-refractivity contribution is 5.81. The molecule has 0 aromatic rings. The van der Waals surface area contributed by atoms with Crippen LogP contribution in [0.2, 0.25) is 0 Å². The first-order valence-electron chi connectivity index (χ1n) is 4.73. The van der Waals surface area contributed by atoms with Crippen LogP contribution >= 0.6 is 0 Å². The van der Waals surface area contributed by atoms with E-state index >= 15 is 0 Å². The van der Waals surface area contributed by atoms with Gasteiger partial charge in [-0.1, -0.05) is 5.92 Å². The van der Waals surface area contributed by atoms with Crippen LogP contribution in [0.3, 0.4) is 0 Å². The molecule has 0 aromatic carbocycles. The molecule has 86 valence electrons. The van der Waals surface area contributed by atoms with Gasteiger partial charge in [0.1, 0.15) is 0 Å². The molecule has 0 fully saturated rings. The van der Waals surface area contributed by atoms with Crippen LogP contribution in [0.1, 0.15) is 6.92 Å². The summed E-state index contributed by atoms with van der Waals surface area (Å²) in [6.45, 7) is 2.46. The molecule has 5 heteroatoms. The zero-order valence-electron chi connectivity index (χ0n) is 9.12. The van der Waals surface area contributed by atoms with Crippen LogP contribution in [0.5, 0.6) is 0 Å². The minimum absolute atomic E-state index is 0.183. The van der Waals surface area contributed by atoms with Crippen molar-refractivity contribution in [3.8, 4) is 12.3 Å². The zero-order chi connectivity index (χ0) is 11.7. The molecule has 0 saturated heterocycles. The molecule has 2 atom stereocenters. The number of nitrogens with one attached hydrogen (secondary N) is 2. The number of aliphatic hydroxyl groups excluding tert-OH is 1. The van der Waals surface area contributed by atoms with Crippen molar-refractivity contribution >= 4 is 5.91 Å². The standard InChI is InChI=1S/C10H18N2O3/c1-4-5-11-10(14)8(2)12-6-9(13)7-15-3/h1,8-9,12-13H,5-7H2,2-3H3,(H,11,14). The van der Waals surface area contributed by atoms with E-state index in [0.717, 1.165) is 0 Å². The molecule has 1 amide bonds. The molecule has 3 N–H and O–H groups in total. The van der Waals surface area contributed by atoms with Gasteiger partial charge in [-0.3, -0.25) is 4.79 Å². The van der Waals surface area contributed by atoms with Gasteiger partial charge in [-0.2, -0.15) is 0 Å². The molecular formula is C10H18N2O3. The Morgan fingerprint density at radius 2 is 2.33 bits per heavy atom. The number of hydrogen-bond acceptors (Lipinski definition) is 4. The summed E-state index contributed by atoms with van der Waals surface area (Å²) in [4.78, 5) is 11.3.